The van der Waals surface area contributed by atoms with Gasteiger partial charge in [-0.1, -0.05) is 18.2 Å². The summed E-state index contributed by atoms with van der Waals surface area (Å²) in [5.74, 6) is 0.0916. The predicted molar refractivity (Wildman–Crippen MR) is 109 cm³/mol. The molecule has 2 atom stereocenters. The summed E-state index contributed by atoms with van der Waals surface area (Å²) in [4.78, 5) is 16.9. The largest absolute Gasteiger partial charge is 0.321 e. The Labute approximate surface area is 162 Å². The van der Waals surface area contributed by atoms with Crippen LogP contribution in [-0.2, 0) is 11.2 Å². The minimum atomic E-state index is 0.0916. The molecule has 4 rings (SSSR count). The van der Waals surface area contributed by atoms with Crippen molar-refractivity contribution in [2.75, 3.05) is 18.4 Å². The summed E-state index contributed by atoms with van der Waals surface area (Å²) in [6.07, 6.45) is 1.06. The van der Waals surface area contributed by atoms with Crippen LogP contribution in [0.4, 0.5) is 5.69 Å². The first-order valence-corrected chi connectivity index (χ1v) is 10.7. The number of hydrogen-bond donors (Lipinski definition) is 2. The normalized spacial score (nSPS) is 19.2. The van der Waals surface area contributed by atoms with Crippen LogP contribution in [0.15, 0.2) is 47.2 Å². The molecule has 1 aliphatic rings. The summed E-state index contributed by atoms with van der Waals surface area (Å²) < 4.78 is 0. The monoisotopic (exact) mass is 383 g/mol. The number of amides is 1. The minimum absolute atomic E-state index is 0.0916. The molecule has 0 saturated carbocycles. The standard InChI is InChI=1S/C21H22N2OS2/c1-14-5-3-6-17(15(14)2)22-20(24)13-23-10-8-18-16(9-12-26-18)21(23)19-7-4-11-25-19/h3-7,9,11-12,21H,8,10,13H2,1-2H3,(H,22,24)/p+1/t21-/m0/s1. The Morgan fingerprint density at radius 2 is 2.04 bits per heavy atom. The van der Waals surface area contributed by atoms with E-state index in [1.54, 1.807) is 11.3 Å². The van der Waals surface area contributed by atoms with Crippen LogP contribution in [0.1, 0.15) is 32.5 Å². The fourth-order valence-corrected chi connectivity index (χ4v) is 5.56. The minimum Gasteiger partial charge on any atom is -0.321 e. The highest BCUT2D eigenvalue weighted by molar-refractivity contribution is 7.10. The van der Waals surface area contributed by atoms with E-state index in [9.17, 15) is 4.79 Å². The molecule has 0 radical (unpaired) electrons. The van der Waals surface area contributed by atoms with Gasteiger partial charge in [-0.05, 0) is 53.9 Å². The van der Waals surface area contributed by atoms with Crippen molar-refractivity contribution in [1.29, 1.82) is 0 Å². The predicted octanol–water partition coefficient (Wildman–Crippen LogP) is 3.60. The molecule has 134 valence electrons. The number of aryl methyl sites for hydroxylation is 1. The molecule has 3 nitrogen and oxygen atoms in total. The van der Waals surface area contributed by atoms with E-state index in [0.29, 0.717) is 6.54 Å². The second-order valence-electron chi connectivity index (χ2n) is 6.88. The third-order valence-corrected chi connectivity index (χ3v) is 7.20. The van der Waals surface area contributed by atoms with Crippen LogP contribution in [0.3, 0.4) is 0 Å². The van der Waals surface area contributed by atoms with Crippen molar-refractivity contribution in [3.05, 3.63) is 73.6 Å². The summed E-state index contributed by atoms with van der Waals surface area (Å²) in [5, 5.41) is 7.44. The van der Waals surface area contributed by atoms with E-state index in [2.05, 4.69) is 54.2 Å². The van der Waals surface area contributed by atoms with Gasteiger partial charge in [0.25, 0.3) is 5.91 Å². The molecule has 0 bridgehead atoms. The van der Waals surface area contributed by atoms with E-state index < -0.39 is 0 Å². The number of carbonyl (C=O) groups excluding carboxylic acids is 1. The maximum absolute atomic E-state index is 12.8. The summed E-state index contributed by atoms with van der Waals surface area (Å²) in [6.45, 7) is 5.62. The van der Waals surface area contributed by atoms with Gasteiger partial charge in [-0.15, -0.1) is 22.7 Å². The van der Waals surface area contributed by atoms with Crippen LogP contribution in [0, 0.1) is 13.8 Å². The Hall–Kier alpha value is -1.95. The molecule has 0 fully saturated rings. The molecule has 0 spiro atoms. The number of anilines is 1. The van der Waals surface area contributed by atoms with Crippen molar-refractivity contribution in [3.63, 3.8) is 0 Å². The van der Waals surface area contributed by atoms with E-state index in [1.165, 1.54) is 25.8 Å². The van der Waals surface area contributed by atoms with E-state index in [0.717, 1.165) is 24.2 Å². The number of quaternary nitrogens is 1. The van der Waals surface area contributed by atoms with Crippen LogP contribution >= 0.6 is 22.7 Å². The summed E-state index contributed by atoms with van der Waals surface area (Å²) >= 11 is 3.63. The lowest BCUT2D eigenvalue weighted by Crippen LogP contribution is -3.14. The number of carbonyl (C=O) groups is 1. The molecule has 2 aromatic heterocycles. The van der Waals surface area contributed by atoms with E-state index in [-0.39, 0.29) is 11.9 Å². The van der Waals surface area contributed by atoms with Crippen LogP contribution < -0.4 is 10.2 Å². The highest BCUT2D eigenvalue weighted by Crippen LogP contribution is 2.31. The number of benzene rings is 1. The number of rotatable bonds is 4. The van der Waals surface area contributed by atoms with Gasteiger partial charge in [0.05, 0.1) is 11.4 Å². The zero-order chi connectivity index (χ0) is 18.1. The zero-order valence-electron chi connectivity index (χ0n) is 15.0. The zero-order valence-corrected chi connectivity index (χ0v) is 16.7. The molecule has 1 amide bonds. The van der Waals surface area contributed by atoms with Gasteiger partial charge in [-0.2, -0.15) is 0 Å². The number of nitrogens with one attached hydrogen (secondary N) is 2. The van der Waals surface area contributed by atoms with Gasteiger partial charge in [-0.3, -0.25) is 4.79 Å². The first-order valence-electron chi connectivity index (χ1n) is 8.94. The van der Waals surface area contributed by atoms with Crippen LogP contribution in [-0.4, -0.2) is 19.0 Å². The topological polar surface area (TPSA) is 33.5 Å². The number of hydrogen-bond acceptors (Lipinski definition) is 3. The second-order valence-corrected chi connectivity index (χ2v) is 8.86. The molecule has 3 heterocycles. The third kappa shape index (κ3) is 3.34. The first-order chi connectivity index (χ1) is 12.6. The lowest BCUT2D eigenvalue weighted by Gasteiger charge is -2.31. The SMILES string of the molecule is Cc1cccc(NC(=O)C[NH+]2CCc3sccc3[C@H]2c2cccs2)c1C. The Bertz CT molecular complexity index is 914. The van der Waals surface area contributed by atoms with Gasteiger partial charge in [0.15, 0.2) is 6.54 Å². The van der Waals surface area contributed by atoms with Crippen molar-refractivity contribution in [2.24, 2.45) is 0 Å². The number of fused-ring (bicyclic) bond motifs is 1. The van der Waals surface area contributed by atoms with Crippen molar-refractivity contribution >= 4 is 34.3 Å². The van der Waals surface area contributed by atoms with Gasteiger partial charge in [0.1, 0.15) is 6.04 Å². The maximum atomic E-state index is 12.8. The number of thiophene rings is 2. The maximum Gasteiger partial charge on any atom is 0.279 e. The Kier molecular flexibility index (Phi) is 4.94. The third-order valence-electron chi connectivity index (χ3n) is 5.27. The van der Waals surface area contributed by atoms with Gasteiger partial charge in [-0.25, -0.2) is 0 Å². The molecule has 0 aliphatic carbocycles. The first kappa shape index (κ1) is 17.5. The molecular weight excluding hydrogens is 360 g/mol. The van der Waals surface area contributed by atoms with Gasteiger partial charge < -0.3 is 10.2 Å². The van der Waals surface area contributed by atoms with Crippen LogP contribution in [0.2, 0.25) is 0 Å². The van der Waals surface area contributed by atoms with Gasteiger partial charge >= 0.3 is 0 Å². The molecular formula is C21H23N2OS2+. The fraction of sp³-hybridized carbons (Fsp3) is 0.286. The smallest absolute Gasteiger partial charge is 0.279 e. The molecule has 5 heteroatoms. The Balaban J connectivity index is 1.55. The molecule has 0 saturated heterocycles. The lowest BCUT2D eigenvalue weighted by atomic mass is 9.98. The average molecular weight is 384 g/mol. The van der Waals surface area contributed by atoms with Gasteiger partial charge in [0, 0.05) is 22.5 Å². The summed E-state index contributed by atoms with van der Waals surface area (Å²) in [7, 11) is 0. The summed E-state index contributed by atoms with van der Waals surface area (Å²) in [6, 6.07) is 12.9. The fourth-order valence-electron chi connectivity index (χ4n) is 3.74. The van der Waals surface area contributed by atoms with Crippen molar-refractivity contribution in [3.8, 4) is 0 Å². The van der Waals surface area contributed by atoms with Gasteiger partial charge in [0.2, 0.25) is 0 Å². The van der Waals surface area contributed by atoms with E-state index in [1.807, 2.05) is 23.5 Å². The van der Waals surface area contributed by atoms with Crippen LogP contribution in [0.25, 0.3) is 0 Å². The molecule has 2 N–H and O–H groups in total. The quantitative estimate of drug-likeness (QED) is 0.709. The second kappa shape index (κ2) is 7.35. The molecule has 1 unspecified atom stereocenters. The Morgan fingerprint density at radius 1 is 1.15 bits per heavy atom. The van der Waals surface area contributed by atoms with Crippen molar-refractivity contribution in [2.45, 2.75) is 26.3 Å². The van der Waals surface area contributed by atoms with Crippen LogP contribution in [0.5, 0.6) is 0 Å². The lowest BCUT2D eigenvalue weighted by molar-refractivity contribution is -0.919. The van der Waals surface area contributed by atoms with E-state index >= 15 is 0 Å². The molecule has 3 aromatic rings. The highest BCUT2D eigenvalue weighted by Gasteiger charge is 2.35. The van der Waals surface area contributed by atoms with Crippen molar-refractivity contribution < 1.29 is 9.69 Å². The molecule has 1 aromatic carbocycles. The Morgan fingerprint density at radius 3 is 2.85 bits per heavy atom. The van der Waals surface area contributed by atoms with E-state index in [4.69, 9.17) is 0 Å². The average Bonchev–Trinajstić information content (AvgIpc) is 3.30. The summed E-state index contributed by atoms with van der Waals surface area (Å²) in [5.41, 5.74) is 4.67. The highest BCUT2D eigenvalue weighted by atomic mass is 32.1. The van der Waals surface area contributed by atoms with Crippen molar-refractivity contribution in [1.82, 2.24) is 0 Å². The molecule has 1 aliphatic heterocycles. The molecule has 26 heavy (non-hydrogen) atoms.